The summed E-state index contributed by atoms with van der Waals surface area (Å²) in [6.45, 7) is 4.11. The van der Waals surface area contributed by atoms with Gasteiger partial charge in [0.25, 0.3) is 0 Å². The number of nitrogens with zero attached hydrogens (tertiary/aromatic N) is 1. The maximum atomic E-state index is 13.1. The number of hydrogen-bond acceptors (Lipinski definition) is 3. The molecule has 1 aromatic heterocycles. The van der Waals surface area contributed by atoms with Crippen LogP contribution in [0.1, 0.15) is 53.0 Å². The quantitative estimate of drug-likeness (QED) is 0.585. The van der Waals surface area contributed by atoms with Gasteiger partial charge >= 0.3 is 5.97 Å². The summed E-state index contributed by atoms with van der Waals surface area (Å²) in [6, 6.07) is 20.0. The fourth-order valence-corrected chi connectivity index (χ4v) is 4.40. The molecule has 0 fully saturated rings. The van der Waals surface area contributed by atoms with E-state index in [2.05, 4.69) is 23.5 Å². The minimum absolute atomic E-state index is 0.0259. The van der Waals surface area contributed by atoms with Crippen LogP contribution >= 0.6 is 0 Å². The maximum absolute atomic E-state index is 13.1. The number of ether oxygens (including phenoxy) is 1. The third-order valence-electron chi connectivity index (χ3n) is 5.94. The number of rotatable bonds is 6. The van der Waals surface area contributed by atoms with Gasteiger partial charge in [0, 0.05) is 11.4 Å². The van der Waals surface area contributed by atoms with Gasteiger partial charge in [-0.05, 0) is 55.9 Å². The van der Waals surface area contributed by atoms with Crippen molar-refractivity contribution in [2.24, 2.45) is 0 Å². The fourth-order valence-electron chi connectivity index (χ4n) is 4.40. The van der Waals surface area contributed by atoms with Crippen molar-refractivity contribution in [2.45, 2.75) is 45.7 Å². The molecule has 1 aliphatic rings. The van der Waals surface area contributed by atoms with Crippen LogP contribution in [0.2, 0.25) is 0 Å². The number of aryl methyl sites for hydroxylation is 1. The topological polar surface area (TPSA) is 60.3 Å². The Kier molecular flexibility index (Phi) is 6.21. The molecule has 31 heavy (non-hydrogen) atoms. The van der Waals surface area contributed by atoms with Gasteiger partial charge in [0.15, 0.2) is 0 Å². The molecule has 0 saturated carbocycles. The van der Waals surface area contributed by atoms with Crippen LogP contribution in [0.3, 0.4) is 0 Å². The van der Waals surface area contributed by atoms with E-state index in [0.29, 0.717) is 12.2 Å². The number of nitrogens with one attached hydrogen (secondary N) is 1. The van der Waals surface area contributed by atoms with E-state index < -0.39 is 0 Å². The van der Waals surface area contributed by atoms with E-state index in [0.717, 1.165) is 36.2 Å². The lowest BCUT2D eigenvalue weighted by Crippen LogP contribution is -2.33. The summed E-state index contributed by atoms with van der Waals surface area (Å²) in [6.07, 6.45) is 3.06. The minimum Gasteiger partial charge on any atom is -0.462 e. The molecular formula is C26H28N2O3. The average Bonchev–Trinajstić information content (AvgIpc) is 3.11. The second-order valence-corrected chi connectivity index (χ2v) is 7.91. The smallest absolute Gasteiger partial charge is 0.339 e. The third-order valence-corrected chi connectivity index (χ3v) is 5.94. The molecular weight excluding hydrogens is 388 g/mol. The monoisotopic (exact) mass is 416 g/mol. The first-order chi connectivity index (χ1) is 15.1. The van der Waals surface area contributed by atoms with Crippen LogP contribution in [-0.4, -0.2) is 23.1 Å². The molecule has 0 bridgehead atoms. The number of benzene rings is 2. The molecule has 5 nitrogen and oxygen atoms in total. The number of hydrogen-bond donors (Lipinski definition) is 1. The van der Waals surface area contributed by atoms with E-state index in [1.807, 2.05) is 54.0 Å². The van der Waals surface area contributed by atoms with Crippen LogP contribution in [0.4, 0.5) is 0 Å². The van der Waals surface area contributed by atoms with Crippen LogP contribution in [0.25, 0.3) is 11.3 Å². The predicted molar refractivity (Wildman–Crippen MR) is 121 cm³/mol. The molecule has 0 radical (unpaired) electrons. The van der Waals surface area contributed by atoms with Crippen molar-refractivity contribution in [1.82, 2.24) is 9.88 Å². The van der Waals surface area contributed by atoms with Gasteiger partial charge in [0.05, 0.1) is 18.2 Å². The number of carbonyl (C=O) groups is 2. The lowest BCUT2D eigenvalue weighted by molar-refractivity contribution is -0.122. The van der Waals surface area contributed by atoms with Crippen molar-refractivity contribution < 1.29 is 14.3 Å². The third kappa shape index (κ3) is 4.41. The zero-order chi connectivity index (χ0) is 21.8. The van der Waals surface area contributed by atoms with Crippen LogP contribution in [0.15, 0.2) is 60.7 Å². The van der Waals surface area contributed by atoms with Gasteiger partial charge in [-0.25, -0.2) is 4.79 Å². The van der Waals surface area contributed by atoms with Gasteiger partial charge in [0.2, 0.25) is 5.91 Å². The molecule has 1 aliphatic carbocycles. The first-order valence-corrected chi connectivity index (χ1v) is 10.9. The van der Waals surface area contributed by atoms with Gasteiger partial charge < -0.3 is 14.6 Å². The average molecular weight is 417 g/mol. The number of esters is 1. The molecule has 0 aliphatic heterocycles. The Hall–Kier alpha value is -3.34. The molecule has 0 spiro atoms. The summed E-state index contributed by atoms with van der Waals surface area (Å²) in [7, 11) is 0. The van der Waals surface area contributed by atoms with Crippen molar-refractivity contribution in [2.75, 3.05) is 6.61 Å². The molecule has 5 heteroatoms. The zero-order valence-corrected chi connectivity index (χ0v) is 18.1. The van der Waals surface area contributed by atoms with E-state index in [9.17, 15) is 9.59 Å². The van der Waals surface area contributed by atoms with Gasteiger partial charge in [0.1, 0.15) is 6.54 Å². The van der Waals surface area contributed by atoms with E-state index in [4.69, 9.17) is 4.74 Å². The van der Waals surface area contributed by atoms with Crippen molar-refractivity contribution in [3.8, 4) is 11.3 Å². The first kappa shape index (κ1) is 20.9. The van der Waals surface area contributed by atoms with E-state index in [1.54, 1.807) is 6.92 Å². The molecule has 3 aromatic rings. The Morgan fingerprint density at radius 3 is 2.61 bits per heavy atom. The highest BCUT2D eigenvalue weighted by atomic mass is 16.5. The number of aromatic nitrogens is 1. The Bertz CT molecular complexity index is 1090. The van der Waals surface area contributed by atoms with Crippen molar-refractivity contribution >= 4 is 11.9 Å². The fraction of sp³-hybridized carbons (Fsp3) is 0.308. The minimum atomic E-state index is -0.363. The van der Waals surface area contributed by atoms with Gasteiger partial charge in [-0.3, -0.25) is 4.79 Å². The first-order valence-electron chi connectivity index (χ1n) is 10.9. The highest BCUT2D eigenvalue weighted by Crippen LogP contribution is 2.30. The Morgan fingerprint density at radius 2 is 1.84 bits per heavy atom. The molecule has 1 heterocycles. The van der Waals surface area contributed by atoms with Gasteiger partial charge in [-0.2, -0.15) is 0 Å². The Morgan fingerprint density at radius 1 is 1.10 bits per heavy atom. The normalized spacial score (nSPS) is 15.2. The van der Waals surface area contributed by atoms with E-state index in [1.165, 1.54) is 11.1 Å². The molecule has 1 atom stereocenters. The number of fused-ring (bicyclic) bond motifs is 1. The lowest BCUT2D eigenvalue weighted by Gasteiger charge is -2.26. The van der Waals surface area contributed by atoms with Gasteiger partial charge in [-0.1, -0.05) is 54.6 Å². The lowest BCUT2D eigenvalue weighted by atomic mass is 9.88. The largest absolute Gasteiger partial charge is 0.462 e. The standard InChI is InChI=1S/C26H28N2O3/c1-3-31-26(30)22-16-24(20-11-5-4-6-12-20)28(18(22)2)17-25(29)27-23-15-9-13-19-10-7-8-14-21(19)23/h4-8,10-12,14,16,23H,3,9,13,15,17H2,1-2H3,(H,27,29). The SMILES string of the molecule is CCOC(=O)c1cc(-c2ccccc2)n(CC(=O)NC2CCCc3ccccc32)c1C. The number of carbonyl (C=O) groups excluding carboxylic acids is 2. The molecule has 4 rings (SSSR count). The second kappa shape index (κ2) is 9.21. The summed E-state index contributed by atoms with van der Waals surface area (Å²) in [5, 5.41) is 3.22. The molecule has 160 valence electrons. The summed E-state index contributed by atoms with van der Waals surface area (Å²) in [4.78, 5) is 25.5. The summed E-state index contributed by atoms with van der Waals surface area (Å²) < 4.78 is 7.13. The Balaban J connectivity index is 1.61. The van der Waals surface area contributed by atoms with Crippen molar-refractivity contribution in [3.63, 3.8) is 0 Å². The number of amides is 1. The van der Waals surface area contributed by atoms with E-state index >= 15 is 0 Å². The van der Waals surface area contributed by atoms with Crippen LogP contribution in [0.5, 0.6) is 0 Å². The van der Waals surface area contributed by atoms with Crippen LogP contribution in [-0.2, 0) is 22.5 Å². The summed E-state index contributed by atoms with van der Waals surface area (Å²) in [5.74, 6) is -0.425. The molecule has 0 saturated heterocycles. The van der Waals surface area contributed by atoms with Gasteiger partial charge in [-0.15, -0.1) is 0 Å². The predicted octanol–water partition coefficient (Wildman–Crippen LogP) is 4.83. The molecule has 1 unspecified atom stereocenters. The summed E-state index contributed by atoms with van der Waals surface area (Å²) >= 11 is 0. The second-order valence-electron chi connectivity index (χ2n) is 7.91. The van der Waals surface area contributed by atoms with E-state index in [-0.39, 0.29) is 24.5 Å². The molecule has 1 amide bonds. The van der Waals surface area contributed by atoms with Crippen molar-refractivity contribution in [3.05, 3.63) is 83.0 Å². The highest BCUT2D eigenvalue weighted by Gasteiger charge is 2.24. The highest BCUT2D eigenvalue weighted by molar-refractivity contribution is 5.93. The van der Waals surface area contributed by atoms with Crippen LogP contribution < -0.4 is 5.32 Å². The summed E-state index contributed by atoms with van der Waals surface area (Å²) in [5.41, 5.74) is 5.54. The molecule has 2 aromatic carbocycles. The Labute approximate surface area is 183 Å². The van der Waals surface area contributed by atoms with Crippen LogP contribution in [0, 0.1) is 6.92 Å². The molecule has 1 N–H and O–H groups in total. The van der Waals surface area contributed by atoms with Crippen molar-refractivity contribution in [1.29, 1.82) is 0 Å². The maximum Gasteiger partial charge on any atom is 0.339 e. The zero-order valence-electron chi connectivity index (χ0n) is 18.1.